The summed E-state index contributed by atoms with van der Waals surface area (Å²) in [5, 5.41) is 9.19. The monoisotopic (exact) mass is 168 g/mol. The molecule has 0 bridgehead atoms. The molecule has 1 N–H and O–H groups in total. The molecule has 66 valence electrons. The van der Waals surface area contributed by atoms with E-state index in [9.17, 15) is 9.90 Å². The maximum Gasteiger partial charge on any atom is 0.306 e. The lowest BCUT2D eigenvalue weighted by Gasteiger charge is -2.23. The minimum atomic E-state index is -0.612. The van der Waals surface area contributed by atoms with Gasteiger partial charge in [0.2, 0.25) is 0 Å². The van der Waals surface area contributed by atoms with Crippen LogP contribution in [-0.4, -0.2) is 31.6 Å². The van der Waals surface area contributed by atoms with E-state index in [1.165, 1.54) is 0 Å². The fourth-order valence-electron chi connectivity index (χ4n) is 2.52. The van der Waals surface area contributed by atoms with E-state index in [-0.39, 0.29) is 17.8 Å². The number of carbonyl (C=O) groups is 1. The van der Waals surface area contributed by atoms with E-state index < -0.39 is 11.4 Å². The summed E-state index contributed by atoms with van der Waals surface area (Å²) in [5.41, 5.74) is 0. The molecule has 0 aromatic rings. The van der Waals surface area contributed by atoms with Gasteiger partial charge in [-0.15, -0.1) is 0 Å². The number of cyclic esters (lactones) is 1. The summed E-state index contributed by atoms with van der Waals surface area (Å²) in [6, 6.07) is 0. The molecule has 1 heterocycles. The van der Waals surface area contributed by atoms with Crippen LogP contribution >= 0.6 is 0 Å². The summed E-state index contributed by atoms with van der Waals surface area (Å²) >= 11 is 0. The molecule has 1 aliphatic heterocycles. The van der Waals surface area contributed by atoms with Gasteiger partial charge in [0, 0.05) is 5.92 Å². The van der Waals surface area contributed by atoms with E-state index in [0.717, 1.165) is 6.42 Å². The lowest BCUT2D eigenvalue weighted by molar-refractivity contribution is -0.143. The number of aliphatic hydroxyl groups is 1. The number of carbonyl (C=O) groups excluding carboxylic acids is 1. The van der Waals surface area contributed by atoms with Crippen molar-refractivity contribution >= 4 is 13.8 Å². The van der Waals surface area contributed by atoms with Crippen molar-refractivity contribution in [2.24, 2.45) is 11.8 Å². The Kier molecular flexibility index (Phi) is 1.52. The highest BCUT2D eigenvalue weighted by Crippen LogP contribution is 2.54. The Morgan fingerprint density at radius 2 is 2.42 bits per heavy atom. The van der Waals surface area contributed by atoms with Crippen LogP contribution in [0.1, 0.15) is 13.3 Å². The van der Waals surface area contributed by atoms with Gasteiger partial charge < -0.3 is 9.84 Å². The van der Waals surface area contributed by atoms with Gasteiger partial charge in [0.05, 0.1) is 18.0 Å². The average molecular weight is 168 g/mol. The predicted octanol–water partition coefficient (Wildman–Crippen LogP) is -0.648. The first kappa shape index (κ1) is 8.11. The van der Waals surface area contributed by atoms with Crippen molar-refractivity contribution in [1.29, 1.82) is 0 Å². The first-order valence-corrected chi connectivity index (χ1v) is 4.42. The zero-order chi connectivity index (χ0) is 8.93. The normalized spacial score (nSPS) is 52.2. The number of aliphatic hydroxyl groups excluding tert-OH is 1. The summed E-state index contributed by atoms with van der Waals surface area (Å²) in [6.07, 6.45) is 0.390. The summed E-state index contributed by atoms with van der Waals surface area (Å²) in [6.45, 7) is 2.48. The van der Waals surface area contributed by atoms with Gasteiger partial charge in [0.1, 0.15) is 7.85 Å². The highest BCUT2D eigenvalue weighted by molar-refractivity contribution is 6.28. The average Bonchev–Trinajstić information content (AvgIpc) is 2.41. The second-order valence-corrected chi connectivity index (χ2v) is 4.24. The molecule has 0 aromatic carbocycles. The van der Waals surface area contributed by atoms with Crippen molar-refractivity contribution in [2.45, 2.75) is 24.8 Å². The molecule has 2 rings (SSSR count). The van der Waals surface area contributed by atoms with Gasteiger partial charge >= 0.3 is 5.97 Å². The molecule has 2 aliphatic rings. The van der Waals surface area contributed by atoms with Gasteiger partial charge in [0.25, 0.3) is 0 Å². The van der Waals surface area contributed by atoms with Gasteiger partial charge in [-0.2, -0.15) is 0 Å². The Morgan fingerprint density at radius 3 is 3.00 bits per heavy atom. The molecule has 2 fully saturated rings. The SMILES string of the molecule is B[C@]12C(=O)OC[C@H]1C[C@H](C)C2O. The first-order valence-electron chi connectivity index (χ1n) is 4.42. The summed E-state index contributed by atoms with van der Waals surface area (Å²) in [5.74, 6) is 0.243. The van der Waals surface area contributed by atoms with Crippen LogP contribution in [0.25, 0.3) is 0 Å². The largest absolute Gasteiger partial charge is 0.465 e. The number of hydrogen-bond donors (Lipinski definition) is 1. The van der Waals surface area contributed by atoms with Crippen LogP contribution in [0.5, 0.6) is 0 Å². The van der Waals surface area contributed by atoms with Crippen LogP contribution in [0.15, 0.2) is 0 Å². The van der Waals surface area contributed by atoms with Crippen LogP contribution in [-0.2, 0) is 9.53 Å². The topological polar surface area (TPSA) is 46.5 Å². The number of fused-ring (bicyclic) bond motifs is 1. The molecule has 0 aromatic heterocycles. The lowest BCUT2D eigenvalue weighted by atomic mass is 9.62. The van der Waals surface area contributed by atoms with E-state index in [2.05, 4.69) is 0 Å². The van der Waals surface area contributed by atoms with Crippen LogP contribution in [0, 0.1) is 11.8 Å². The molecule has 0 amide bonds. The molecular weight excluding hydrogens is 155 g/mol. The Hall–Kier alpha value is -0.505. The Bertz CT molecular complexity index is 226. The molecule has 0 radical (unpaired) electrons. The molecule has 1 saturated heterocycles. The zero-order valence-corrected chi connectivity index (χ0v) is 7.41. The Labute approximate surface area is 72.5 Å². The standard InChI is InChI=1S/C8H13BO3/c1-4-2-5-3-12-7(11)8(5,9)6(4)10/h4-6,10H,2-3,9H2,1H3/t4-,5+,6?,8+/m0/s1. The van der Waals surface area contributed by atoms with Gasteiger partial charge in [-0.3, -0.25) is 4.79 Å². The predicted molar refractivity (Wildman–Crippen MR) is 45.5 cm³/mol. The first-order chi connectivity index (χ1) is 5.56. The Morgan fingerprint density at radius 1 is 1.75 bits per heavy atom. The maximum absolute atomic E-state index is 11.4. The Balaban J connectivity index is 2.34. The highest BCUT2D eigenvalue weighted by atomic mass is 16.5. The second kappa shape index (κ2) is 2.25. The molecule has 1 saturated carbocycles. The molecule has 3 nitrogen and oxygen atoms in total. The highest BCUT2D eigenvalue weighted by Gasteiger charge is 2.59. The zero-order valence-electron chi connectivity index (χ0n) is 7.41. The number of rotatable bonds is 0. The van der Waals surface area contributed by atoms with Crippen molar-refractivity contribution < 1.29 is 14.6 Å². The smallest absolute Gasteiger partial charge is 0.306 e. The third-order valence-corrected chi connectivity index (χ3v) is 3.51. The third-order valence-electron chi connectivity index (χ3n) is 3.51. The minimum Gasteiger partial charge on any atom is -0.465 e. The molecule has 4 heteroatoms. The van der Waals surface area contributed by atoms with Gasteiger partial charge in [0.15, 0.2) is 0 Å². The number of hydrogen-bond acceptors (Lipinski definition) is 3. The summed E-state index contributed by atoms with van der Waals surface area (Å²) < 4.78 is 4.94. The maximum atomic E-state index is 11.4. The van der Waals surface area contributed by atoms with Crippen LogP contribution in [0.4, 0.5) is 0 Å². The van der Waals surface area contributed by atoms with Crippen molar-refractivity contribution in [3.8, 4) is 0 Å². The van der Waals surface area contributed by atoms with E-state index in [4.69, 9.17) is 4.74 Å². The lowest BCUT2D eigenvalue weighted by Crippen LogP contribution is -2.34. The summed E-state index contributed by atoms with van der Waals surface area (Å²) in [7, 11) is 1.82. The number of esters is 1. The molecule has 1 aliphatic carbocycles. The van der Waals surface area contributed by atoms with Crippen molar-refractivity contribution in [3.05, 3.63) is 0 Å². The fraction of sp³-hybridized carbons (Fsp3) is 0.875. The van der Waals surface area contributed by atoms with Crippen molar-refractivity contribution in [3.63, 3.8) is 0 Å². The molecule has 12 heavy (non-hydrogen) atoms. The van der Waals surface area contributed by atoms with E-state index in [1.807, 2.05) is 14.8 Å². The van der Waals surface area contributed by atoms with Gasteiger partial charge in [-0.1, -0.05) is 6.92 Å². The fourth-order valence-corrected chi connectivity index (χ4v) is 2.52. The van der Waals surface area contributed by atoms with Crippen LogP contribution in [0.3, 0.4) is 0 Å². The quantitative estimate of drug-likeness (QED) is 0.386. The van der Waals surface area contributed by atoms with Crippen molar-refractivity contribution in [2.75, 3.05) is 6.61 Å². The summed E-state index contributed by atoms with van der Waals surface area (Å²) in [4.78, 5) is 11.4. The molecular formula is C8H13BO3. The van der Waals surface area contributed by atoms with E-state index in [0.29, 0.717) is 6.61 Å². The van der Waals surface area contributed by atoms with E-state index in [1.54, 1.807) is 0 Å². The molecule has 1 unspecified atom stereocenters. The van der Waals surface area contributed by atoms with Gasteiger partial charge in [-0.25, -0.2) is 0 Å². The molecule has 4 atom stereocenters. The van der Waals surface area contributed by atoms with Crippen LogP contribution < -0.4 is 0 Å². The third kappa shape index (κ3) is 0.737. The molecule has 0 spiro atoms. The minimum absolute atomic E-state index is 0.218. The van der Waals surface area contributed by atoms with Crippen molar-refractivity contribution in [1.82, 2.24) is 0 Å². The van der Waals surface area contributed by atoms with Crippen LogP contribution in [0.2, 0.25) is 5.31 Å². The second-order valence-electron chi connectivity index (χ2n) is 4.24. The van der Waals surface area contributed by atoms with E-state index >= 15 is 0 Å². The number of ether oxygens (including phenoxy) is 1. The van der Waals surface area contributed by atoms with Gasteiger partial charge in [-0.05, 0) is 12.3 Å².